The minimum absolute atomic E-state index is 0.385. The van der Waals surface area contributed by atoms with E-state index in [2.05, 4.69) is 20.5 Å². The molecule has 0 fully saturated rings. The predicted octanol–water partition coefficient (Wildman–Crippen LogP) is 5.28. The third-order valence-corrected chi connectivity index (χ3v) is 5.34. The first-order valence-electron chi connectivity index (χ1n) is 6.82. The Balaban J connectivity index is 1.62. The Morgan fingerprint density at radius 3 is 2.71 bits per heavy atom. The highest BCUT2D eigenvalue weighted by Crippen LogP contribution is 2.31. The van der Waals surface area contributed by atoms with E-state index in [-0.39, 0.29) is 0 Å². The van der Waals surface area contributed by atoms with Crippen molar-refractivity contribution in [2.45, 2.75) is 10.1 Å². The Labute approximate surface area is 157 Å². The summed E-state index contributed by atoms with van der Waals surface area (Å²) in [5.41, 5.74) is 1.89. The summed E-state index contributed by atoms with van der Waals surface area (Å²) in [5, 5.41) is 13.0. The van der Waals surface area contributed by atoms with Crippen molar-refractivity contribution >= 4 is 57.1 Å². The molecule has 2 aromatic heterocycles. The molecule has 0 saturated heterocycles. The van der Waals surface area contributed by atoms with Gasteiger partial charge >= 0.3 is 0 Å². The van der Waals surface area contributed by atoms with Crippen molar-refractivity contribution in [1.29, 1.82) is 0 Å². The molecular weight excluding hydrogens is 387 g/mol. The maximum Gasteiger partial charge on any atom is 0.210 e. The summed E-state index contributed by atoms with van der Waals surface area (Å²) in [7, 11) is 1.64. The van der Waals surface area contributed by atoms with Gasteiger partial charge in [0.2, 0.25) is 5.13 Å². The van der Waals surface area contributed by atoms with E-state index >= 15 is 0 Å². The van der Waals surface area contributed by atoms with E-state index in [9.17, 15) is 0 Å². The van der Waals surface area contributed by atoms with Crippen LogP contribution in [0.4, 0.5) is 10.8 Å². The Hall–Kier alpha value is -1.54. The molecule has 9 heteroatoms. The molecule has 0 aliphatic rings. The maximum atomic E-state index is 5.90. The first kappa shape index (κ1) is 17.3. The molecule has 24 heavy (non-hydrogen) atoms. The number of halogens is 2. The van der Waals surface area contributed by atoms with Gasteiger partial charge in [-0.25, -0.2) is 4.98 Å². The van der Waals surface area contributed by atoms with Gasteiger partial charge in [0.05, 0.1) is 7.11 Å². The number of hydrogen-bond acceptors (Lipinski definition) is 7. The van der Waals surface area contributed by atoms with Gasteiger partial charge in [-0.15, -0.1) is 10.2 Å². The van der Waals surface area contributed by atoms with Crippen LogP contribution in [0, 0.1) is 0 Å². The summed E-state index contributed by atoms with van der Waals surface area (Å²) in [6.45, 7) is 0. The molecule has 0 atom stereocenters. The fourth-order valence-electron chi connectivity index (χ4n) is 1.89. The van der Waals surface area contributed by atoms with Crippen molar-refractivity contribution < 1.29 is 4.74 Å². The number of anilines is 2. The number of hydrogen-bond donors (Lipinski definition) is 1. The van der Waals surface area contributed by atoms with Gasteiger partial charge < -0.3 is 10.1 Å². The monoisotopic (exact) mass is 398 g/mol. The van der Waals surface area contributed by atoms with Crippen molar-refractivity contribution in [3.05, 3.63) is 52.3 Å². The van der Waals surface area contributed by atoms with Gasteiger partial charge in [0, 0.05) is 17.5 Å². The van der Waals surface area contributed by atoms with Gasteiger partial charge in [-0.3, -0.25) is 0 Å². The van der Waals surface area contributed by atoms with E-state index in [1.807, 2.05) is 24.3 Å². The number of rotatable bonds is 6. The van der Waals surface area contributed by atoms with Crippen LogP contribution in [0.15, 0.2) is 40.7 Å². The summed E-state index contributed by atoms with van der Waals surface area (Å²) in [6.07, 6.45) is 0. The van der Waals surface area contributed by atoms with Crippen LogP contribution in [0.3, 0.4) is 0 Å². The van der Waals surface area contributed by atoms with Gasteiger partial charge in [-0.2, -0.15) is 0 Å². The second kappa shape index (κ2) is 8.02. The molecule has 3 aromatic rings. The first-order chi connectivity index (χ1) is 11.6. The highest BCUT2D eigenvalue weighted by atomic mass is 35.5. The molecule has 3 rings (SSSR count). The smallest absolute Gasteiger partial charge is 0.210 e. The fraction of sp³-hybridized carbons (Fsp3) is 0.133. The highest BCUT2D eigenvalue weighted by molar-refractivity contribution is 8.00. The summed E-state index contributed by atoms with van der Waals surface area (Å²) < 4.78 is 6.05. The molecule has 1 aromatic carbocycles. The zero-order valence-corrected chi connectivity index (χ0v) is 15.6. The summed E-state index contributed by atoms with van der Waals surface area (Å²) in [5.74, 6) is 1.47. The van der Waals surface area contributed by atoms with Crippen molar-refractivity contribution in [3.8, 4) is 5.75 Å². The number of methoxy groups -OCH3 is 1. The fourth-order valence-corrected chi connectivity index (χ4v) is 4.09. The molecule has 0 spiro atoms. The molecule has 0 amide bonds. The van der Waals surface area contributed by atoms with Gasteiger partial charge in [0.1, 0.15) is 16.1 Å². The lowest BCUT2D eigenvalue weighted by atomic mass is 10.3. The normalized spacial score (nSPS) is 10.6. The van der Waals surface area contributed by atoms with Crippen LogP contribution in [-0.4, -0.2) is 22.3 Å². The van der Waals surface area contributed by atoms with E-state index < -0.39 is 0 Å². The highest BCUT2D eigenvalue weighted by Gasteiger charge is 2.07. The van der Waals surface area contributed by atoms with Gasteiger partial charge in [0.15, 0.2) is 4.34 Å². The minimum atomic E-state index is 0.385. The van der Waals surface area contributed by atoms with Crippen LogP contribution in [0.1, 0.15) is 5.56 Å². The van der Waals surface area contributed by atoms with Crippen LogP contribution in [0.25, 0.3) is 0 Å². The van der Waals surface area contributed by atoms with Crippen molar-refractivity contribution in [2.24, 2.45) is 0 Å². The lowest BCUT2D eigenvalue weighted by Gasteiger charge is -2.04. The number of nitrogens with one attached hydrogen (secondary N) is 1. The molecule has 5 nitrogen and oxygen atoms in total. The Bertz CT molecular complexity index is 824. The number of aromatic nitrogens is 3. The number of thioether (sulfide) groups is 1. The van der Waals surface area contributed by atoms with E-state index in [0.29, 0.717) is 16.1 Å². The van der Waals surface area contributed by atoms with Crippen LogP contribution < -0.4 is 10.1 Å². The summed E-state index contributed by atoms with van der Waals surface area (Å²) in [6, 6.07) is 11.2. The number of nitrogens with zero attached hydrogens (tertiary/aromatic N) is 3. The summed E-state index contributed by atoms with van der Waals surface area (Å²) in [4.78, 5) is 3.93. The Morgan fingerprint density at radius 2 is 1.96 bits per heavy atom. The number of pyridine rings is 1. The molecule has 1 N–H and O–H groups in total. The molecule has 0 aliphatic carbocycles. The van der Waals surface area contributed by atoms with Gasteiger partial charge in [-0.05, 0) is 29.8 Å². The molecular formula is C15H12Cl2N4OS2. The third kappa shape index (κ3) is 4.73. The quantitative estimate of drug-likeness (QED) is 0.449. The Morgan fingerprint density at radius 1 is 1.17 bits per heavy atom. The first-order valence-corrected chi connectivity index (χ1v) is 9.37. The average Bonchev–Trinajstić information content (AvgIpc) is 3.00. The summed E-state index contributed by atoms with van der Waals surface area (Å²) >= 11 is 14.8. The van der Waals surface area contributed by atoms with E-state index in [4.69, 9.17) is 27.9 Å². The standard InChI is InChI=1S/C15H12Cl2N4OS2/c1-22-11-4-2-3-10(7-11)18-14-20-21-15(24-14)23-8-9-5-12(16)19-13(17)6-9/h2-7H,8H2,1H3,(H,18,20). The third-order valence-electron chi connectivity index (χ3n) is 2.91. The second-order valence-corrected chi connectivity index (χ2v) is 7.61. The average molecular weight is 399 g/mol. The zero-order valence-electron chi connectivity index (χ0n) is 12.5. The molecule has 0 unspecified atom stereocenters. The lowest BCUT2D eigenvalue weighted by molar-refractivity contribution is 0.415. The molecule has 0 radical (unpaired) electrons. The largest absolute Gasteiger partial charge is 0.497 e. The second-order valence-electron chi connectivity index (χ2n) is 4.64. The molecule has 0 bridgehead atoms. The lowest BCUT2D eigenvalue weighted by Crippen LogP contribution is -1.90. The zero-order chi connectivity index (χ0) is 16.9. The predicted molar refractivity (Wildman–Crippen MR) is 100 cm³/mol. The molecule has 2 heterocycles. The van der Waals surface area contributed by atoms with Gasteiger partial charge in [0.25, 0.3) is 0 Å². The van der Waals surface area contributed by atoms with Crippen molar-refractivity contribution in [1.82, 2.24) is 15.2 Å². The molecule has 0 aliphatic heterocycles. The van der Waals surface area contributed by atoms with Crippen LogP contribution >= 0.6 is 46.3 Å². The van der Waals surface area contributed by atoms with Gasteiger partial charge in [-0.1, -0.05) is 52.4 Å². The minimum Gasteiger partial charge on any atom is -0.497 e. The maximum absolute atomic E-state index is 5.90. The Kier molecular flexibility index (Phi) is 5.78. The SMILES string of the molecule is COc1cccc(Nc2nnc(SCc3cc(Cl)nc(Cl)c3)s2)c1. The topological polar surface area (TPSA) is 59.9 Å². The molecule has 124 valence electrons. The van der Waals surface area contributed by atoms with E-state index in [0.717, 1.165) is 26.5 Å². The van der Waals surface area contributed by atoms with Crippen LogP contribution in [-0.2, 0) is 5.75 Å². The van der Waals surface area contributed by atoms with E-state index in [1.165, 1.54) is 11.3 Å². The van der Waals surface area contributed by atoms with Crippen molar-refractivity contribution in [2.75, 3.05) is 12.4 Å². The molecule has 0 saturated carbocycles. The number of benzene rings is 1. The number of ether oxygens (including phenoxy) is 1. The van der Waals surface area contributed by atoms with E-state index in [1.54, 1.807) is 31.0 Å². The van der Waals surface area contributed by atoms with Crippen LogP contribution in [0.2, 0.25) is 10.3 Å². The van der Waals surface area contributed by atoms with Crippen molar-refractivity contribution in [3.63, 3.8) is 0 Å². The van der Waals surface area contributed by atoms with Crippen LogP contribution in [0.5, 0.6) is 5.75 Å².